The topological polar surface area (TPSA) is 144 Å². The molecule has 0 aliphatic rings. The summed E-state index contributed by atoms with van der Waals surface area (Å²) >= 11 is 0. The molecule has 0 radical (unpaired) electrons. The molecule has 1 heterocycles. The molecule has 5 N–H and O–H groups in total. The minimum Gasteiger partial charge on any atom is -0.478 e. The summed E-state index contributed by atoms with van der Waals surface area (Å²) in [7, 11) is 0. The van der Waals surface area contributed by atoms with Gasteiger partial charge >= 0.3 is 18.0 Å². The maximum Gasteiger partial charge on any atom is 0.335 e. The number of carboxylic acid groups (broad SMARTS) is 2. The summed E-state index contributed by atoms with van der Waals surface area (Å²) in [6, 6.07) is 2.66. The Balaban J connectivity index is 2.20. The summed E-state index contributed by atoms with van der Waals surface area (Å²) in [5, 5.41) is 28.8. The van der Waals surface area contributed by atoms with Crippen molar-refractivity contribution in [3.63, 3.8) is 0 Å². The third-order valence-electron chi connectivity index (χ3n) is 2.44. The van der Waals surface area contributed by atoms with Gasteiger partial charge in [-0.05, 0) is 18.2 Å². The van der Waals surface area contributed by atoms with E-state index in [2.05, 4.69) is 20.8 Å². The number of aromatic carboxylic acids is 2. The van der Waals surface area contributed by atoms with Crippen LogP contribution in [0.3, 0.4) is 0 Å². The zero-order chi connectivity index (χ0) is 15.4. The molecule has 1 aromatic carbocycles. The van der Waals surface area contributed by atoms with Crippen molar-refractivity contribution in [3.05, 3.63) is 41.7 Å². The van der Waals surface area contributed by atoms with Gasteiger partial charge < -0.3 is 20.8 Å². The molecular formula is C12H10N4O5. The first-order chi connectivity index (χ1) is 9.95. The number of carboxylic acids is 2. The van der Waals surface area contributed by atoms with Crippen LogP contribution in [-0.2, 0) is 0 Å². The van der Waals surface area contributed by atoms with E-state index in [1.54, 1.807) is 0 Å². The Labute approximate surface area is 117 Å². The fraction of sp³-hybridized carbons (Fsp3) is 0. The summed E-state index contributed by atoms with van der Waals surface area (Å²) in [4.78, 5) is 33.6. The van der Waals surface area contributed by atoms with Crippen LogP contribution in [0.1, 0.15) is 20.7 Å². The molecule has 0 aliphatic carbocycles. The van der Waals surface area contributed by atoms with Crippen molar-refractivity contribution in [2.75, 3.05) is 10.6 Å². The molecule has 2 rings (SSSR count). The molecule has 108 valence electrons. The van der Waals surface area contributed by atoms with Crippen molar-refractivity contribution >= 4 is 29.3 Å². The van der Waals surface area contributed by atoms with Gasteiger partial charge in [0.1, 0.15) is 0 Å². The van der Waals surface area contributed by atoms with Gasteiger partial charge in [-0.2, -0.15) is 5.10 Å². The minimum absolute atomic E-state index is 0.0493. The Hall–Kier alpha value is -3.36. The quantitative estimate of drug-likeness (QED) is 0.576. The van der Waals surface area contributed by atoms with E-state index < -0.39 is 18.0 Å². The predicted octanol–water partition coefficient (Wildman–Crippen LogP) is 1.45. The molecule has 0 saturated heterocycles. The maximum atomic E-state index is 11.7. The van der Waals surface area contributed by atoms with Gasteiger partial charge in [-0.1, -0.05) is 0 Å². The lowest BCUT2D eigenvalue weighted by atomic mass is 10.1. The second kappa shape index (κ2) is 5.74. The average Bonchev–Trinajstić information content (AvgIpc) is 2.90. The number of nitrogens with zero attached hydrogens (tertiary/aromatic N) is 1. The van der Waals surface area contributed by atoms with Crippen LogP contribution >= 0.6 is 0 Å². The van der Waals surface area contributed by atoms with Crippen LogP contribution in [0, 0.1) is 0 Å². The lowest BCUT2D eigenvalue weighted by Gasteiger charge is -2.08. The summed E-state index contributed by atoms with van der Waals surface area (Å²) < 4.78 is 0. The monoisotopic (exact) mass is 290 g/mol. The van der Waals surface area contributed by atoms with E-state index in [1.165, 1.54) is 12.4 Å². The molecule has 0 spiro atoms. The number of hydrogen-bond donors (Lipinski definition) is 5. The largest absolute Gasteiger partial charge is 0.478 e. The number of aromatic amines is 1. The van der Waals surface area contributed by atoms with Crippen molar-refractivity contribution in [1.29, 1.82) is 0 Å². The lowest BCUT2D eigenvalue weighted by Crippen LogP contribution is -2.19. The molecule has 9 heteroatoms. The van der Waals surface area contributed by atoms with Gasteiger partial charge in [-0.15, -0.1) is 0 Å². The number of carbonyl (C=O) groups excluding carboxylic acids is 1. The molecule has 1 aromatic heterocycles. The van der Waals surface area contributed by atoms with Gasteiger partial charge in [0.05, 0.1) is 23.0 Å². The zero-order valence-corrected chi connectivity index (χ0v) is 10.5. The smallest absolute Gasteiger partial charge is 0.335 e. The van der Waals surface area contributed by atoms with Crippen LogP contribution in [0.25, 0.3) is 0 Å². The summed E-state index contributed by atoms with van der Waals surface area (Å²) in [5.41, 5.74) is -0.0318. The second-order valence-corrected chi connectivity index (χ2v) is 3.98. The van der Waals surface area contributed by atoms with Gasteiger partial charge in [-0.25, -0.2) is 14.4 Å². The number of carbonyl (C=O) groups is 3. The van der Waals surface area contributed by atoms with Crippen LogP contribution in [0.2, 0.25) is 0 Å². The number of benzene rings is 1. The number of urea groups is 1. The van der Waals surface area contributed by atoms with Crippen molar-refractivity contribution < 1.29 is 24.6 Å². The molecule has 0 saturated carbocycles. The van der Waals surface area contributed by atoms with Crippen molar-refractivity contribution in [1.82, 2.24) is 10.2 Å². The number of rotatable bonds is 4. The van der Waals surface area contributed by atoms with E-state index in [1.807, 2.05) is 0 Å². The number of amides is 2. The van der Waals surface area contributed by atoms with Crippen LogP contribution in [-0.4, -0.2) is 38.4 Å². The highest BCUT2D eigenvalue weighted by atomic mass is 16.4. The predicted molar refractivity (Wildman–Crippen MR) is 71.6 cm³/mol. The van der Waals surface area contributed by atoms with Gasteiger partial charge in [0.25, 0.3) is 0 Å². The molecule has 21 heavy (non-hydrogen) atoms. The molecule has 2 amide bonds. The Kier molecular flexibility index (Phi) is 3.84. The van der Waals surface area contributed by atoms with E-state index in [0.717, 1.165) is 18.2 Å². The van der Waals surface area contributed by atoms with E-state index in [4.69, 9.17) is 10.2 Å². The Morgan fingerprint density at radius 3 is 2.00 bits per heavy atom. The van der Waals surface area contributed by atoms with Gasteiger partial charge in [0, 0.05) is 11.9 Å². The normalized spacial score (nSPS) is 9.90. The summed E-state index contributed by atoms with van der Waals surface area (Å²) in [6.45, 7) is 0. The molecule has 9 nitrogen and oxygen atoms in total. The molecule has 0 atom stereocenters. The highest BCUT2D eigenvalue weighted by Crippen LogP contribution is 2.16. The van der Waals surface area contributed by atoms with Gasteiger partial charge in [0.15, 0.2) is 0 Å². The van der Waals surface area contributed by atoms with Crippen LogP contribution in [0.5, 0.6) is 0 Å². The number of aromatic nitrogens is 2. The van der Waals surface area contributed by atoms with Gasteiger partial charge in [0.2, 0.25) is 0 Å². The molecule has 0 fully saturated rings. The van der Waals surface area contributed by atoms with Crippen molar-refractivity contribution in [2.45, 2.75) is 0 Å². The third kappa shape index (κ3) is 3.56. The highest BCUT2D eigenvalue weighted by molar-refractivity contribution is 6.02. The number of anilines is 2. The van der Waals surface area contributed by atoms with Crippen molar-refractivity contribution in [2.24, 2.45) is 0 Å². The maximum absolute atomic E-state index is 11.7. The molecule has 2 aromatic rings. The highest BCUT2D eigenvalue weighted by Gasteiger charge is 2.13. The number of nitrogens with one attached hydrogen (secondary N) is 3. The molecule has 0 unspecified atom stereocenters. The van der Waals surface area contributed by atoms with E-state index in [-0.39, 0.29) is 16.8 Å². The zero-order valence-electron chi connectivity index (χ0n) is 10.5. The van der Waals surface area contributed by atoms with Gasteiger partial charge in [-0.3, -0.25) is 5.10 Å². The number of H-pyrrole nitrogens is 1. The van der Waals surface area contributed by atoms with Crippen LogP contribution in [0.15, 0.2) is 30.6 Å². The average molecular weight is 290 g/mol. The van der Waals surface area contributed by atoms with Crippen molar-refractivity contribution in [3.8, 4) is 0 Å². The van der Waals surface area contributed by atoms with Crippen LogP contribution in [0.4, 0.5) is 16.2 Å². The standard InChI is InChI=1S/C12H10N4O5/c17-10(18)6-1-7(11(19)20)3-8(2-6)15-12(21)16-9-4-13-14-5-9/h1-5H,(H,13,14)(H,17,18)(H,19,20)(H2,15,16,21). The van der Waals surface area contributed by atoms with E-state index in [0.29, 0.717) is 5.69 Å². The number of hydrogen-bond acceptors (Lipinski definition) is 4. The Morgan fingerprint density at radius 2 is 1.52 bits per heavy atom. The SMILES string of the molecule is O=C(Nc1cn[nH]c1)Nc1cc(C(=O)O)cc(C(=O)O)c1. The van der Waals surface area contributed by atoms with E-state index in [9.17, 15) is 14.4 Å². The fourth-order valence-electron chi connectivity index (χ4n) is 1.56. The fourth-order valence-corrected chi connectivity index (χ4v) is 1.56. The lowest BCUT2D eigenvalue weighted by molar-refractivity contribution is 0.0696. The first-order valence-corrected chi connectivity index (χ1v) is 5.64. The first kappa shape index (κ1) is 14.1. The Morgan fingerprint density at radius 1 is 0.952 bits per heavy atom. The minimum atomic E-state index is -1.30. The first-order valence-electron chi connectivity index (χ1n) is 5.64. The third-order valence-corrected chi connectivity index (χ3v) is 2.44. The van der Waals surface area contributed by atoms with Crippen LogP contribution < -0.4 is 10.6 Å². The Bertz CT molecular complexity index is 663. The second-order valence-electron chi connectivity index (χ2n) is 3.98. The molecular weight excluding hydrogens is 280 g/mol. The summed E-state index contributed by atoms with van der Waals surface area (Å²) in [6.07, 6.45) is 2.81. The van der Waals surface area contributed by atoms with E-state index >= 15 is 0 Å². The summed E-state index contributed by atoms with van der Waals surface area (Å²) in [5.74, 6) is -2.59. The molecule has 0 aliphatic heterocycles. The molecule has 0 bridgehead atoms.